The minimum atomic E-state index is -0.575. The highest BCUT2D eigenvalue weighted by atomic mass is 16.6. The first kappa shape index (κ1) is 20.5. The number of amides is 1. The van der Waals surface area contributed by atoms with Crippen LogP contribution in [-0.2, 0) is 4.79 Å². The van der Waals surface area contributed by atoms with E-state index in [4.69, 9.17) is 14.2 Å². The van der Waals surface area contributed by atoms with Gasteiger partial charge in [0, 0.05) is 0 Å². The zero-order chi connectivity index (χ0) is 20.5. The van der Waals surface area contributed by atoms with Crippen molar-refractivity contribution < 1.29 is 23.9 Å². The Morgan fingerprint density at radius 1 is 1.11 bits per heavy atom. The molecule has 0 aliphatic rings. The zero-order valence-corrected chi connectivity index (χ0v) is 15.6. The minimum Gasteiger partial charge on any atom is -0.495 e. The summed E-state index contributed by atoms with van der Waals surface area (Å²) in [6.07, 6.45) is 1.17. The number of ether oxygens (including phenoxy) is 3. The molecule has 0 unspecified atom stereocenters. The number of methoxy groups -OCH3 is 3. The Hall–Kier alpha value is -3.82. The molecule has 2 N–H and O–H groups in total. The molecule has 0 bridgehead atoms. The number of para-hydroxylation sites is 2. The van der Waals surface area contributed by atoms with E-state index in [0.29, 0.717) is 17.2 Å². The Morgan fingerprint density at radius 3 is 2.39 bits per heavy atom. The van der Waals surface area contributed by atoms with Gasteiger partial charge in [-0.2, -0.15) is 5.10 Å². The van der Waals surface area contributed by atoms with Crippen LogP contribution in [0.25, 0.3) is 0 Å². The highest BCUT2D eigenvalue weighted by Gasteiger charge is 2.18. The summed E-state index contributed by atoms with van der Waals surface area (Å²) in [7, 11) is 4.32. The van der Waals surface area contributed by atoms with Crippen LogP contribution >= 0.6 is 0 Å². The summed E-state index contributed by atoms with van der Waals surface area (Å²) < 4.78 is 15.4. The number of rotatable bonds is 9. The number of nitrogens with one attached hydrogen (secondary N) is 2. The molecule has 0 fully saturated rings. The molecule has 0 aliphatic carbocycles. The van der Waals surface area contributed by atoms with Crippen LogP contribution in [0.1, 0.15) is 5.56 Å². The Kier molecular flexibility index (Phi) is 7.14. The van der Waals surface area contributed by atoms with Crippen molar-refractivity contribution in [3.63, 3.8) is 0 Å². The number of hydrogen-bond acceptors (Lipinski definition) is 8. The predicted octanol–water partition coefficient (Wildman–Crippen LogP) is 2.18. The van der Waals surface area contributed by atoms with Gasteiger partial charge in [-0.25, -0.2) is 5.43 Å². The summed E-state index contributed by atoms with van der Waals surface area (Å²) in [6.45, 7) is -0.0637. The second-order valence-electron chi connectivity index (χ2n) is 5.37. The smallest absolute Gasteiger partial charge is 0.282 e. The topological polar surface area (TPSA) is 124 Å². The minimum absolute atomic E-state index is 0.0637. The number of anilines is 1. The van der Waals surface area contributed by atoms with Crippen molar-refractivity contribution in [3.8, 4) is 17.2 Å². The lowest BCUT2D eigenvalue weighted by molar-refractivity contribution is -0.385. The van der Waals surface area contributed by atoms with E-state index in [0.717, 1.165) is 0 Å². The predicted molar refractivity (Wildman–Crippen MR) is 103 cm³/mol. The number of carbonyl (C=O) groups excluding carboxylic acids is 1. The fraction of sp³-hybridized carbons (Fsp3) is 0.222. The first-order valence-corrected chi connectivity index (χ1v) is 8.09. The van der Waals surface area contributed by atoms with Gasteiger partial charge in [0.05, 0.1) is 56.3 Å². The fourth-order valence-corrected chi connectivity index (χ4v) is 2.33. The van der Waals surface area contributed by atoms with E-state index in [1.54, 1.807) is 18.2 Å². The lowest BCUT2D eigenvalue weighted by atomic mass is 10.1. The van der Waals surface area contributed by atoms with E-state index in [9.17, 15) is 14.9 Å². The molecule has 2 aromatic carbocycles. The highest BCUT2D eigenvalue weighted by Crippen LogP contribution is 2.33. The average molecular weight is 388 g/mol. The molecule has 0 aromatic heterocycles. The quantitative estimate of drug-likeness (QED) is 0.383. The number of hydrogen-bond donors (Lipinski definition) is 2. The molecule has 28 heavy (non-hydrogen) atoms. The molecule has 0 saturated carbocycles. The molecule has 0 spiro atoms. The van der Waals surface area contributed by atoms with E-state index < -0.39 is 10.8 Å². The molecular formula is C18H20N4O6. The largest absolute Gasteiger partial charge is 0.495 e. The van der Waals surface area contributed by atoms with Crippen LogP contribution in [0.5, 0.6) is 17.2 Å². The van der Waals surface area contributed by atoms with Crippen LogP contribution in [0.2, 0.25) is 0 Å². The molecule has 10 heteroatoms. The summed E-state index contributed by atoms with van der Waals surface area (Å²) in [4.78, 5) is 22.6. The highest BCUT2D eigenvalue weighted by molar-refractivity contribution is 5.88. The Balaban J connectivity index is 2.05. The van der Waals surface area contributed by atoms with Crippen molar-refractivity contribution in [2.45, 2.75) is 0 Å². The van der Waals surface area contributed by atoms with Gasteiger partial charge in [0.25, 0.3) is 11.6 Å². The maximum absolute atomic E-state index is 11.9. The molecule has 1 amide bonds. The third-order valence-corrected chi connectivity index (χ3v) is 3.67. The zero-order valence-electron chi connectivity index (χ0n) is 15.6. The molecule has 0 saturated heterocycles. The summed E-state index contributed by atoms with van der Waals surface area (Å²) in [5, 5.41) is 17.9. The molecular weight excluding hydrogens is 368 g/mol. The van der Waals surface area contributed by atoms with Gasteiger partial charge in [-0.15, -0.1) is 0 Å². The number of carbonyl (C=O) groups is 1. The molecule has 2 aromatic rings. The third-order valence-electron chi connectivity index (χ3n) is 3.67. The van der Waals surface area contributed by atoms with Crippen LogP contribution in [-0.4, -0.2) is 44.9 Å². The molecule has 0 heterocycles. The van der Waals surface area contributed by atoms with Gasteiger partial charge in [-0.05, 0) is 18.2 Å². The number of nitro groups is 1. The second kappa shape index (κ2) is 9.76. The molecule has 0 radical (unpaired) electrons. The third kappa shape index (κ3) is 5.10. The van der Waals surface area contributed by atoms with Crippen molar-refractivity contribution in [2.24, 2.45) is 5.10 Å². The number of nitro benzene ring substituents is 1. The van der Waals surface area contributed by atoms with Crippen LogP contribution in [0, 0.1) is 10.1 Å². The van der Waals surface area contributed by atoms with Crippen LogP contribution in [0.3, 0.4) is 0 Å². The van der Waals surface area contributed by atoms with Gasteiger partial charge in [0.2, 0.25) is 0 Å². The van der Waals surface area contributed by atoms with Crippen molar-refractivity contribution in [1.82, 2.24) is 5.43 Å². The standard InChI is InChI=1S/C18H20N4O6/c1-26-15-7-5-4-6-13(15)19-11-18(23)21-20-10-12-8-16(27-2)17(28-3)9-14(12)22(24)25/h4-10,19H,11H2,1-3H3,(H,21,23)/b20-10+. The Bertz CT molecular complexity index is 884. The summed E-state index contributed by atoms with van der Waals surface area (Å²) in [6, 6.07) is 9.77. The summed E-state index contributed by atoms with van der Waals surface area (Å²) >= 11 is 0. The Labute approximate surface area is 161 Å². The van der Waals surface area contributed by atoms with E-state index in [1.165, 1.54) is 39.7 Å². The van der Waals surface area contributed by atoms with Gasteiger partial charge >= 0.3 is 0 Å². The van der Waals surface area contributed by atoms with Crippen molar-refractivity contribution in [3.05, 3.63) is 52.1 Å². The average Bonchev–Trinajstić information content (AvgIpc) is 2.71. The van der Waals surface area contributed by atoms with Gasteiger partial charge in [-0.1, -0.05) is 12.1 Å². The molecule has 148 valence electrons. The fourth-order valence-electron chi connectivity index (χ4n) is 2.33. The van der Waals surface area contributed by atoms with Gasteiger partial charge in [0.1, 0.15) is 5.75 Å². The molecule has 10 nitrogen and oxygen atoms in total. The van der Waals surface area contributed by atoms with Crippen LogP contribution in [0.15, 0.2) is 41.5 Å². The number of nitrogens with zero attached hydrogens (tertiary/aromatic N) is 2. The van der Waals surface area contributed by atoms with Gasteiger partial charge in [-0.3, -0.25) is 14.9 Å². The van der Waals surface area contributed by atoms with Gasteiger partial charge in [0.15, 0.2) is 11.5 Å². The van der Waals surface area contributed by atoms with Crippen molar-refractivity contribution in [2.75, 3.05) is 33.2 Å². The second-order valence-corrected chi connectivity index (χ2v) is 5.37. The van der Waals surface area contributed by atoms with Gasteiger partial charge < -0.3 is 19.5 Å². The Morgan fingerprint density at radius 2 is 1.75 bits per heavy atom. The lowest BCUT2D eigenvalue weighted by Gasteiger charge is -2.10. The number of hydrazone groups is 1. The van der Waals surface area contributed by atoms with E-state index in [-0.39, 0.29) is 23.5 Å². The van der Waals surface area contributed by atoms with Crippen LogP contribution < -0.4 is 25.0 Å². The molecule has 2 rings (SSSR count). The molecule has 0 atom stereocenters. The summed E-state index contributed by atoms with van der Waals surface area (Å²) in [5.41, 5.74) is 2.88. The maximum Gasteiger partial charge on any atom is 0.282 e. The monoisotopic (exact) mass is 388 g/mol. The first-order valence-electron chi connectivity index (χ1n) is 8.09. The molecule has 0 aliphatic heterocycles. The first-order chi connectivity index (χ1) is 13.5. The van der Waals surface area contributed by atoms with Crippen molar-refractivity contribution >= 4 is 23.5 Å². The van der Waals surface area contributed by atoms with Crippen LogP contribution in [0.4, 0.5) is 11.4 Å². The normalized spacial score (nSPS) is 10.4. The maximum atomic E-state index is 11.9. The SMILES string of the molecule is COc1ccccc1NCC(=O)N/N=C/c1cc(OC)c(OC)cc1[N+](=O)[O-]. The van der Waals surface area contributed by atoms with E-state index in [2.05, 4.69) is 15.8 Å². The van der Waals surface area contributed by atoms with E-state index >= 15 is 0 Å². The summed E-state index contributed by atoms with van der Waals surface area (Å²) in [5.74, 6) is 0.681. The van der Waals surface area contributed by atoms with Crippen molar-refractivity contribution in [1.29, 1.82) is 0 Å². The number of benzene rings is 2. The van der Waals surface area contributed by atoms with E-state index in [1.807, 2.05) is 6.07 Å². The lowest BCUT2D eigenvalue weighted by Crippen LogP contribution is -2.26.